The average molecular weight is 848 g/mol. The summed E-state index contributed by atoms with van der Waals surface area (Å²) in [5.41, 5.74) is 5.32. The van der Waals surface area contributed by atoms with E-state index < -0.39 is 63.8 Å². The quantitative estimate of drug-likeness (QED) is 0.0151. The highest BCUT2D eigenvalue weighted by Gasteiger charge is 2.28. The second kappa shape index (κ2) is 39.8. The number of rotatable bonds is 38. The fourth-order valence-electron chi connectivity index (χ4n) is 5.03. The third kappa shape index (κ3) is 39.6. The van der Waals surface area contributed by atoms with E-state index in [0.717, 1.165) is 70.6 Å². The van der Waals surface area contributed by atoms with Gasteiger partial charge in [0.15, 0.2) is 6.10 Å². The Hall–Kier alpha value is -3.64. The Morgan fingerprint density at radius 2 is 1.19 bits per heavy atom. The second-order valence-electron chi connectivity index (χ2n) is 13.9. The predicted octanol–water partition coefficient (Wildman–Crippen LogP) is 10.2. The first kappa shape index (κ1) is 55.4. The molecule has 13 heteroatoms. The normalized spacial score (nSPS) is 15.2. The Balaban J connectivity index is 4.65. The van der Waals surface area contributed by atoms with Gasteiger partial charge in [-0.25, -0.2) is 4.57 Å². The number of carboxylic acids is 1. The van der Waals surface area contributed by atoms with E-state index in [1.165, 1.54) is 19.3 Å². The molecule has 0 aromatic carbocycles. The molecule has 2 unspecified atom stereocenters. The Labute approximate surface area is 354 Å². The SMILES string of the molecule is CC/C=C\C/C=C\C/C=C\C/C=C\C=C/C(O)C/C=C\CCC(=O)O[C@H](COC(=O)CCCCCCC/C=C\C/C=C\CCCCC)COP(=O)(O)OC[C@H](N)C(=O)O. The zero-order valence-corrected chi connectivity index (χ0v) is 36.6. The summed E-state index contributed by atoms with van der Waals surface area (Å²) in [7, 11) is -4.77. The maximum atomic E-state index is 12.6. The summed E-state index contributed by atoms with van der Waals surface area (Å²) in [6, 6.07) is -1.56. The molecule has 0 fully saturated rings. The fraction of sp³-hybridized carbons (Fsp3) is 0.587. The summed E-state index contributed by atoms with van der Waals surface area (Å²) in [5, 5.41) is 19.1. The number of aliphatic carboxylic acids is 1. The molecule has 0 saturated heterocycles. The number of ether oxygens (including phenoxy) is 2. The number of unbranched alkanes of at least 4 members (excludes halogenated alkanes) is 8. The van der Waals surface area contributed by atoms with Crippen molar-refractivity contribution < 1.29 is 52.6 Å². The monoisotopic (exact) mass is 847 g/mol. The second-order valence-corrected chi connectivity index (χ2v) is 15.4. The van der Waals surface area contributed by atoms with Crippen molar-refractivity contribution in [2.24, 2.45) is 5.73 Å². The number of allylic oxidation sites excluding steroid dienone is 14. The number of hydrogen-bond acceptors (Lipinski definition) is 10. The number of nitrogens with two attached hydrogens (primary N) is 1. The van der Waals surface area contributed by atoms with Gasteiger partial charge in [0.05, 0.1) is 19.3 Å². The summed E-state index contributed by atoms with van der Waals surface area (Å²) < 4.78 is 32.5. The van der Waals surface area contributed by atoms with Crippen LogP contribution in [0.2, 0.25) is 0 Å². The van der Waals surface area contributed by atoms with Crippen LogP contribution in [0.1, 0.15) is 136 Å². The first-order chi connectivity index (χ1) is 28.5. The van der Waals surface area contributed by atoms with E-state index in [9.17, 15) is 28.9 Å². The Morgan fingerprint density at radius 1 is 0.627 bits per heavy atom. The molecule has 5 N–H and O–H groups in total. The highest BCUT2D eigenvalue weighted by atomic mass is 31.2. The van der Waals surface area contributed by atoms with Crippen LogP contribution in [0.4, 0.5) is 0 Å². The van der Waals surface area contributed by atoms with Crippen LogP contribution in [0, 0.1) is 0 Å². The van der Waals surface area contributed by atoms with E-state index in [-0.39, 0.29) is 12.8 Å². The van der Waals surface area contributed by atoms with Crippen molar-refractivity contribution >= 4 is 25.7 Å². The van der Waals surface area contributed by atoms with Gasteiger partial charge in [-0.3, -0.25) is 23.4 Å². The molecule has 0 radical (unpaired) electrons. The predicted molar refractivity (Wildman–Crippen MR) is 236 cm³/mol. The molecule has 0 spiro atoms. The van der Waals surface area contributed by atoms with Gasteiger partial charge in [-0.1, -0.05) is 143 Å². The largest absolute Gasteiger partial charge is 0.480 e. The average Bonchev–Trinajstić information content (AvgIpc) is 3.21. The van der Waals surface area contributed by atoms with Gasteiger partial charge in [-0.15, -0.1) is 0 Å². The third-order valence-corrected chi connectivity index (χ3v) is 9.36. The molecule has 0 aromatic rings. The molecular formula is C46H74NO11P. The van der Waals surface area contributed by atoms with E-state index in [4.69, 9.17) is 24.8 Å². The summed E-state index contributed by atoms with van der Waals surface area (Å²) in [6.07, 6.45) is 46.5. The first-order valence-electron chi connectivity index (χ1n) is 21.4. The number of carbonyl (C=O) groups is 3. The minimum atomic E-state index is -4.77. The van der Waals surface area contributed by atoms with Crippen molar-refractivity contribution in [3.05, 3.63) is 97.2 Å². The minimum absolute atomic E-state index is 0.0540. The lowest BCUT2D eigenvalue weighted by atomic mass is 10.1. The fourth-order valence-corrected chi connectivity index (χ4v) is 5.80. The molecule has 334 valence electrons. The van der Waals surface area contributed by atoms with E-state index in [0.29, 0.717) is 19.3 Å². The molecule has 0 aliphatic carbocycles. The number of esters is 2. The zero-order chi connectivity index (χ0) is 43.7. The molecule has 12 nitrogen and oxygen atoms in total. The number of aliphatic hydroxyl groups excluding tert-OH is 1. The molecule has 0 bridgehead atoms. The standard InChI is InChI=1S/C46H74NO11P/c1-3-5-7-9-11-13-15-17-18-20-22-24-26-28-32-36-44(49)55-38-42(39-56-59(53,54)57-40-43(47)46(51)52)58-45(50)37-33-29-31-35-41(48)34-30-27-25-23-21-19-16-14-12-10-8-6-4-2/h6,8,11-14,17-19,21,25,27,29-31,34,41-43,48H,3-5,7,9-10,15-16,20,22-24,26,28,32-33,35-40,47H2,1-2H3,(H,51,52)(H,53,54)/b8-6-,13-11-,14-12-,18-17-,21-19-,27-25-,31-29-,34-30-/t41?,42-,43+/m1/s1. The van der Waals surface area contributed by atoms with Crippen LogP contribution >= 0.6 is 7.82 Å². The van der Waals surface area contributed by atoms with Crippen molar-refractivity contribution in [1.29, 1.82) is 0 Å². The van der Waals surface area contributed by atoms with Gasteiger partial charge in [0.2, 0.25) is 0 Å². The number of aliphatic hydroxyl groups is 1. The van der Waals surface area contributed by atoms with Gasteiger partial charge in [0.25, 0.3) is 0 Å². The molecule has 0 heterocycles. The summed E-state index contributed by atoms with van der Waals surface area (Å²) >= 11 is 0. The summed E-state index contributed by atoms with van der Waals surface area (Å²) in [6.45, 7) is 2.44. The van der Waals surface area contributed by atoms with Gasteiger partial charge in [0, 0.05) is 12.8 Å². The van der Waals surface area contributed by atoms with Crippen molar-refractivity contribution in [2.45, 2.75) is 154 Å². The molecule has 0 aromatic heterocycles. The van der Waals surface area contributed by atoms with Crippen molar-refractivity contribution in [1.82, 2.24) is 0 Å². The Kier molecular flexibility index (Phi) is 37.3. The number of hydrogen-bond donors (Lipinski definition) is 4. The minimum Gasteiger partial charge on any atom is -0.480 e. The van der Waals surface area contributed by atoms with Crippen molar-refractivity contribution in [3.63, 3.8) is 0 Å². The van der Waals surface area contributed by atoms with Crippen molar-refractivity contribution in [2.75, 3.05) is 19.8 Å². The molecule has 0 aliphatic rings. The smallest absolute Gasteiger partial charge is 0.472 e. The van der Waals surface area contributed by atoms with Crippen LogP contribution < -0.4 is 5.73 Å². The highest BCUT2D eigenvalue weighted by Crippen LogP contribution is 2.43. The maximum absolute atomic E-state index is 12.6. The van der Waals surface area contributed by atoms with Gasteiger partial charge in [0.1, 0.15) is 12.6 Å². The lowest BCUT2D eigenvalue weighted by Crippen LogP contribution is -2.34. The number of carboxylic acid groups (broad SMARTS) is 1. The molecule has 4 atom stereocenters. The van der Waals surface area contributed by atoms with Gasteiger partial charge < -0.3 is 30.3 Å². The number of phosphoric ester groups is 1. The van der Waals surface area contributed by atoms with Crippen LogP contribution in [-0.4, -0.2) is 71.1 Å². The number of phosphoric acid groups is 1. The molecular weight excluding hydrogens is 773 g/mol. The van der Waals surface area contributed by atoms with Crippen molar-refractivity contribution in [3.8, 4) is 0 Å². The first-order valence-corrected chi connectivity index (χ1v) is 22.9. The lowest BCUT2D eigenvalue weighted by molar-refractivity contribution is -0.161. The van der Waals surface area contributed by atoms with Crippen LogP contribution in [0.25, 0.3) is 0 Å². The van der Waals surface area contributed by atoms with E-state index >= 15 is 0 Å². The number of carbonyl (C=O) groups excluding carboxylic acids is 2. The zero-order valence-electron chi connectivity index (χ0n) is 35.7. The highest BCUT2D eigenvalue weighted by molar-refractivity contribution is 7.47. The summed E-state index contributed by atoms with van der Waals surface area (Å²) in [4.78, 5) is 45.9. The van der Waals surface area contributed by atoms with E-state index in [2.05, 4.69) is 79.1 Å². The lowest BCUT2D eigenvalue weighted by Gasteiger charge is -2.20. The summed E-state index contributed by atoms with van der Waals surface area (Å²) in [5.74, 6) is -2.62. The maximum Gasteiger partial charge on any atom is 0.472 e. The van der Waals surface area contributed by atoms with Crippen LogP contribution in [0.15, 0.2) is 97.2 Å². The molecule has 0 amide bonds. The van der Waals surface area contributed by atoms with Crippen LogP contribution in [-0.2, 0) is 37.5 Å². The van der Waals surface area contributed by atoms with Crippen LogP contribution in [0.3, 0.4) is 0 Å². The third-order valence-electron chi connectivity index (χ3n) is 8.41. The van der Waals surface area contributed by atoms with Gasteiger partial charge in [-0.05, 0) is 77.0 Å². The van der Waals surface area contributed by atoms with Gasteiger partial charge >= 0.3 is 25.7 Å². The molecule has 0 saturated carbocycles. The van der Waals surface area contributed by atoms with E-state index in [1.807, 2.05) is 12.2 Å². The Morgan fingerprint density at radius 3 is 1.83 bits per heavy atom. The van der Waals surface area contributed by atoms with E-state index in [1.54, 1.807) is 24.3 Å². The van der Waals surface area contributed by atoms with Crippen LogP contribution in [0.5, 0.6) is 0 Å². The topological polar surface area (TPSA) is 192 Å². The Bertz CT molecular complexity index is 1380. The van der Waals surface area contributed by atoms with Gasteiger partial charge in [-0.2, -0.15) is 0 Å². The molecule has 0 aliphatic heterocycles. The molecule has 59 heavy (non-hydrogen) atoms. The molecule has 0 rings (SSSR count).